The van der Waals surface area contributed by atoms with Crippen molar-refractivity contribution in [3.63, 3.8) is 0 Å². The molecule has 1 nitrogen and oxygen atoms in total. The lowest BCUT2D eigenvalue weighted by molar-refractivity contribution is 0.102. The van der Waals surface area contributed by atoms with Gasteiger partial charge in [-0.05, 0) is 16.0 Å². The summed E-state index contributed by atoms with van der Waals surface area (Å²) < 4.78 is 0. The molecule has 1 atom stereocenters. The Hall–Kier alpha value is -1.11. The molecule has 0 saturated carbocycles. The van der Waals surface area contributed by atoms with Crippen LogP contribution in [-0.4, -0.2) is 25.5 Å². The van der Waals surface area contributed by atoms with E-state index in [9.17, 15) is 4.79 Å². The lowest BCUT2D eigenvalue weighted by Crippen LogP contribution is -2.24. The van der Waals surface area contributed by atoms with E-state index in [1.54, 1.807) is 0 Å². The topological polar surface area (TPSA) is 17.1 Å². The Morgan fingerprint density at radius 3 is 2.04 bits per heavy atom. The second-order valence-electron chi connectivity index (χ2n) is 6.35. The number of Topliss-reactive ketones (excluding diaryl/α,β-unsaturated/α-hetero) is 1. The van der Waals surface area contributed by atoms with Crippen molar-refractivity contribution in [2.45, 2.75) is 31.8 Å². The van der Waals surface area contributed by atoms with Gasteiger partial charge in [0, 0.05) is 26.0 Å². The zero-order valence-electron chi connectivity index (χ0n) is 13.9. The van der Waals surface area contributed by atoms with E-state index in [1.807, 2.05) is 30.3 Å². The minimum Gasteiger partial charge on any atom is -0.294 e. The van der Waals surface area contributed by atoms with Crippen molar-refractivity contribution in [1.29, 1.82) is 0 Å². The van der Waals surface area contributed by atoms with Gasteiger partial charge in [-0.15, -0.1) is 11.6 Å². The average molecular weight is 344 g/mol. The van der Waals surface area contributed by atoms with Crippen LogP contribution < -0.4 is 5.30 Å². The molecule has 0 aliphatic heterocycles. The van der Waals surface area contributed by atoms with Gasteiger partial charge in [0.25, 0.3) is 0 Å². The maximum absolute atomic E-state index is 12.7. The molecule has 0 fully saturated rings. The van der Waals surface area contributed by atoms with Crippen molar-refractivity contribution < 1.29 is 4.79 Å². The summed E-state index contributed by atoms with van der Waals surface area (Å²) in [4.78, 5) is 12.7. The molecule has 0 aromatic heterocycles. The van der Waals surface area contributed by atoms with Crippen LogP contribution in [0.4, 0.5) is 0 Å². The SMILES string of the molecule is CC(C)(C)P(CC(=O)c1ccc(CCl)cc1)c1ccccc1.[B]. The van der Waals surface area contributed by atoms with Crippen LogP contribution in [0.1, 0.15) is 36.7 Å². The average Bonchev–Trinajstić information content (AvgIpc) is 2.52. The van der Waals surface area contributed by atoms with Crippen molar-refractivity contribution in [1.82, 2.24) is 0 Å². The molecule has 0 aliphatic carbocycles. The van der Waals surface area contributed by atoms with Gasteiger partial charge in [0.1, 0.15) is 0 Å². The number of hydrogen-bond acceptors (Lipinski definition) is 1. The maximum Gasteiger partial charge on any atom is 0.167 e. The number of halogens is 1. The molecule has 3 radical (unpaired) electrons. The molecule has 0 heterocycles. The van der Waals surface area contributed by atoms with Crippen LogP contribution in [0.2, 0.25) is 0 Å². The molecular formula is C19H22BClOP. The fraction of sp³-hybridized carbons (Fsp3) is 0.316. The van der Waals surface area contributed by atoms with Crippen molar-refractivity contribution in [2.75, 3.05) is 6.16 Å². The minimum absolute atomic E-state index is 0. The molecule has 1 unspecified atom stereocenters. The predicted octanol–water partition coefficient (Wildman–Crippen LogP) is 4.83. The third kappa shape index (κ3) is 5.48. The first-order valence-corrected chi connectivity index (χ1v) is 9.49. The van der Waals surface area contributed by atoms with E-state index in [1.165, 1.54) is 5.30 Å². The molecule has 4 heteroatoms. The molecule has 2 aromatic rings. The fourth-order valence-electron chi connectivity index (χ4n) is 2.34. The van der Waals surface area contributed by atoms with Gasteiger partial charge >= 0.3 is 0 Å². The predicted molar refractivity (Wildman–Crippen MR) is 104 cm³/mol. The van der Waals surface area contributed by atoms with Gasteiger partial charge in [-0.25, -0.2) is 0 Å². The van der Waals surface area contributed by atoms with Gasteiger partial charge in [0.15, 0.2) is 5.78 Å². The quantitative estimate of drug-likeness (QED) is 0.329. The normalized spacial score (nSPS) is 12.3. The first-order chi connectivity index (χ1) is 10.4. The fourth-order valence-corrected chi connectivity index (χ4v) is 4.95. The Balaban J connectivity index is 0.00000264. The highest BCUT2D eigenvalue weighted by Crippen LogP contribution is 2.48. The van der Waals surface area contributed by atoms with Gasteiger partial charge in [0.05, 0.1) is 0 Å². The van der Waals surface area contributed by atoms with Crippen LogP contribution in [0, 0.1) is 0 Å². The van der Waals surface area contributed by atoms with E-state index < -0.39 is 7.92 Å². The van der Waals surface area contributed by atoms with Crippen molar-refractivity contribution in [3.8, 4) is 0 Å². The van der Waals surface area contributed by atoms with Crippen LogP contribution >= 0.6 is 19.5 Å². The second kappa shape index (κ2) is 8.66. The number of alkyl halides is 1. The summed E-state index contributed by atoms with van der Waals surface area (Å²) in [7, 11) is -0.547. The van der Waals surface area contributed by atoms with Crippen molar-refractivity contribution in [2.24, 2.45) is 0 Å². The number of benzene rings is 2. The highest BCUT2D eigenvalue weighted by Gasteiger charge is 2.28. The van der Waals surface area contributed by atoms with Crippen molar-refractivity contribution >= 4 is 39.0 Å². The molecule has 23 heavy (non-hydrogen) atoms. The second-order valence-corrected chi connectivity index (χ2v) is 9.64. The van der Waals surface area contributed by atoms with Crippen LogP contribution in [0.15, 0.2) is 54.6 Å². The van der Waals surface area contributed by atoms with E-state index in [0.717, 1.165) is 11.1 Å². The van der Waals surface area contributed by atoms with Gasteiger partial charge < -0.3 is 0 Å². The van der Waals surface area contributed by atoms with E-state index in [-0.39, 0.29) is 19.4 Å². The van der Waals surface area contributed by atoms with Gasteiger partial charge in [0.2, 0.25) is 0 Å². The number of ketones is 1. The zero-order chi connectivity index (χ0) is 16.2. The van der Waals surface area contributed by atoms with Gasteiger partial charge in [-0.1, -0.05) is 83.3 Å². The highest BCUT2D eigenvalue weighted by molar-refractivity contribution is 7.68. The Morgan fingerprint density at radius 2 is 1.57 bits per heavy atom. The summed E-state index contributed by atoms with van der Waals surface area (Å²) in [5.74, 6) is 0.693. The molecule has 0 aliphatic rings. The van der Waals surface area contributed by atoms with Crippen LogP contribution in [0.25, 0.3) is 0 Å². The summed E-state index contributed by atoms with van der Waals surface area (Å²) in [5, 5.41) is 1.39. The van der Waals surface area contributed by atoms with Crippen LogP contribution in [0.3, 0.4) is 0 Å². The zero-order valence-corrected chi connectivity index (χ0v) is 15.6. The lowest BCUT2D eigenvalue weighted by Gasteiger charge is -2.31. The maximum atomic E-state index is 12.7. The number of rotatable bonds is 5. The first-order valence-electron chi connectivity index (χ1n) is 7.42. The largest absolute Gasteiger partial charge is 0.294 e. The minimum atomic E-state index is -0.547. The standard InChI is InChI=1S/C19H22ClOP.B/c1-19(2,3)22(17-7-5-4-6-8-17)14-18(21)16-11-9-15(13-20)10-12-16;/h4-12H,13-14H2,1-3H3;. The molecule has 119 valence electrons. The van der Waals surface area contributed by atoms with Gasteiger partial charge in [-0.3, -0.25) is 4.79 Å². The summed E-state index contributed by atoms with van der Waals surface area (Å²) in [5.41, 5.74) is 1.82. The number of hydrogen-bond donors (Lipinski definition) is 0. The summed E-state index contributed by atoms with van der Waals surface area (Å²) >= 11 is 5.80. The molecule has 0 N–H and O–H groups in total. The lowest BCUT2D eigenvalue weighted by atomic mass is 10.1. The molecule has 2 rings (SSSR count). The summed E-state index contributed by atoms with van der Waals surface area (Å²) in [6.45, 7) is 6.65. The summed E-state index contributed by atoms with van der Waals surface area (Å²) in [6.07, 6.45) is 0.586. The first kappa shape index (κ1) is 19.9. The van der Waals surface area contributed by atoms with Gasteiger partial charge in [-0.2, -0.15) is 0 Å². The third-order valence-corrected chi connectivity index (χ3v) is 7.06. The smallest absolute Gasteiger partial charge is 0.167 e. The van der Waals surface area contributed by atoms with E-state index >= 15 is 0 Å². The summed E-state index contributed by atoms with van der Waals surface area (Å²) in [6, 6.07) is 18.0. The Morgan fingerprint density at radius 1 is 1.00 bits per heavy atom. The Kier molecular flexibility index (Phi) is 7.51. The molecule has 0 saturated heterocycles. The number of carbonyl (C=O) groups excluding carboxylic acids is 1. The van der Waals surface area contributed by atoms with E-state index in [2.05, 4.69) is 45.0 Å². The molecule has 0 spiro atoms. The van der Waals surface area contributed by atoms with Crippen LogP contribution in [-0.2, 0) is 5.88 Å². The molecular weight excluding hydrogens is 321 g/mol. The van der Waals surface area contributed by atoms with Crippen LogP contribution in [0.5, 0.6) is 0 Å². The number of carbonyl (C=O) groups is 1. The third-order valence-electron chi connectivity index (χ3n) is 3.61. The highest BCUT2D eigenvalue weighted by atomic mass is 35.5. The molecule has 0 bridgehead atoms. The Bertz CT molecular complexity index is 620. The molecule has 2 aromatic carbocycles. The molecule has 0 amide bonds. The monoisotopic (exact) mass is 343 g/mol. The van der Waals surface area contributed by atoms with E-state index in [4.69, 9.17) is 11.6 Å². The Labute approximate surface area is 147 Å². The van der Waals surface area contributed by atoms with E-state index in [0.29, 0.717) is 12.0 Å². The van der Waals surface area contributed by atoms with Crippen molar-refractivity contribution in [3.05, 3.63) is 65.7 Å².